The highest BCUT2D eigenvalue weighted by atomic mass is 15.2. The molecule has 2 aromatic heterocycles. The van der Waals surface area contributed by atoms with E-state index in [2.05, 4.69) is 65.7 Å². The summed E-state index contributed by atoms with van der Waals surface area (Å²) in [5.74, 6) is 0.889. The monoisotopic (exact) mass is 353 g/mol. The van der Waals surface area contributed by atoms with Crippen LogP contribution in [0.2, 0.25) is 0 Å². The van der Waals surface area contributed by atoms with E-state index in [4.69, 9.17) is 4.98 Å². The van der Waals surface area contributed by atoms with Crippen molar-refractivity contribution in [1.82, 2.24) is 14.5 Å². The number of nitrogens with one attached hydrogen (secondary N) is 1. The van der Waals surface area contributed by atoms with Crippen molar-refractivity contribution in [1.29, 1.82) is 0 Å². The van der Waals surface area contributed by atoms with Crippen molar-refractivity contribution in [2.45, 2.75) is 78.7 Å². The first-order valence-electron chi connectivity index (χ1n) is 10.2. The Morgan fingerprint density at radius 2 is 1.65 bits per heavy atom. The van der Waals surface area contributed by atoms with Gasteiger partial charge in [0, 0.05) is 0 Å². The third-order valence-electron chi connectivity index (χ3n) is 5.29. The van der Waals surface area contributed by atoms with Gasteiger partial charge < -0.3 is 4.98 Å². The summed E-state index contributed by atoms with van der Waals surface area (Å²) in [6, 6.07) is 4.34. The summed E-state index contributed by atoms with van der Waals surface area (Å²) in [4.78, 5) is 8.17. The Hall–Kier alpha value is -2.10. The van der Waals surface area contributed by atoms with Crippen LogP contribution in [0.1, 0.15) is 69.4 Å². The molecular weight excluding hydrogens is 320 g/mol. The molecule has 0 spiro atoms. The molecule has 0 saturated heterocycles. The highest BCUT2D eigenvalue weighted by Gasteiger charge is 2.12. The number of aromatic amines is 1. The van der Waals surface area contributed by atoms with Gasteiger partial charge in [-0.15, -0.1) is 0 Å². The molecule has 0 aliphatic carbocycles. The quantitative estimate of drug-likeness (QED) is 0.385. The maximum absolute atomic E-state index is 4.74. The fourth-order valence-corrected chi connectivity index (χ4v) is 3.46. The van der Waals surface area contributed by atoms with Crippen LogP contribution in [0.4, 0.5) is 0 Å². The summed E-state index contributed by atoms with van der Waals surface area (Å²) in [7, 11) is 0. The van der Waals surface area contributed by atoms with Gasteiger partial charge in [0.25, 0.3) is 6.33 Å². The molecule has 0 fully saturated rings. The van der Waals surface area contributed by atoms with Crippen LogP contribution in [0.25, 0.3) is 17.0 Å². The number of hydrogen-bond donors (Lipinski definition) is 1. The number of nitrogens with zero attached hydrogens (tertiary/aromatic N) is 3. The van der Waals surface area contributed by atoms with E-state index >= 15 is 0 Å². The number of imidazole rings is 2. The molecular formula is C22H33N4+. The van der Waals surface area contributed by atoms with E-state index in [1.54, 1.807) is 0 Å². The lowest BCUT2D eigenvalue weighted by Gasteiger charge is -2.00. The third kappa shape index (κ3) is 4.75. The molecule has 0 aliphatic rings. The molecule has 0 unspecified atom stereocenters. The molecule has 0 radical (unpaired) electrons. The number of aryl methyl sites for hydroxylation is 3. The second-order valence-corrected chi connectivity index (χ2v) is 7.55. The zero-order chi connectivity index (χ0) is 18.4. The van der Waals surface area contributed by atoms with E-state index < -0.39 is 0 Å². The number of benzene rings is 1. The van der Waals surface area contributed by atoms with E-state index in [0.29, 0.717) is 0 Å². The van der Waals surface area contributed by atoms with Gasteiger partial charge in [-0.05, 0) is 49.9 Å². The van der Waals surface area contributed by atoms with Crippen LogP contribution in [0, 0.1) is 13.8 Å². The zero-order valence-electron chi connectivity index (χ0n) is 16.6. The minimum absolute atomic E-state index is 0.889. The van der Waals surface area contributed by atoms with Gasteiger partial charge in [0.2, 0.25) is 0 Å². The predicted molar refractivity (Wildman–Crippen MR) is 108 cm³/mol. The molecule has 1 N–H and O–H groups in total. The Labute approximate surface area is 157 Å². The van der Waals surface area contributed by atoms with Gasteiger partial charge >= 0.3 is 5.95 Å². The smallest absolute Gasteiger partial charge is 0.303 e. The van der Waals surface area contributed by atoms with Crippen LogP contribution in [-0.4, -0.2) is 14.5 Å². The summed E-state index contributed by atoms with van der Waals surface area (Å²) >= 11 is 0. The third-order valence-corrected chi connectivity index (χ3v) is 5.29. The molecule has 3 rings (SSSR count). The standard InChI is InChI=1S/C22H33N4/c1-4-5-6-7-8-9-10-11-12-25-13-14-26(17-25)22-23-20-15-18(2)19(3)16-21(20)24-22/h13-17H,4-12H2,1-3H3,(H,23,24)/q+1. The Kier molecular flexibility index (Phi) is 6.48. The second kappa shape index (κ2) is 9.02. The number of hydrogen-bond acceptors (Lipinski definition) is 1. The molecule has 0 atom stereocenters. The lowest BCUT2D eigenvalue weighted by atomic mass is 10.1. The fraction of sp³-hybridized carbons (Fsp3) is 0.545. The SMILES string of the molecule is CCCCCCCCCC[n+]1ccn(-c2nc3cc(C)c(C)cc3[nH]2)c1. The molecule has 2 heterocycles. The Morgan fingerprint density at radius 1 is 0.962 bits per heavy atom. The van der Waals surface area contributed by atoms with Crippen molar-refractivity contribution in [3.05, 3.63) is 42.0 Å². The van der Waals surface area contributed by atoms with Crippen molar-refractivity contribution in [3.63, 3.8) is 0 Å². The van der Waals surface area contributed by atoms with Gasteiger partial charge in [0.15, 0.2) is 0 Å². The Bertz CT molecular complexity index is 789. The molecule has 0 aliphatic heterocycles. The zero-order valence-corrected chi connectivity index (χ0v) is 16.6. The molecule has 3 aromatic rings. The van der Waals surface area contributed by atoms with Gasteiger partial charge in [0.05, 0.1) is 17.6 Å². The normalized spacial score (nSPS) is 11.5. The van der Waals surface area contributed by atoms with Crippen LogP contribution in [0.5, 0.6) is 0 Å². The minimum atomic E-state index is 0.889. The van der Waals surface area contributed by atoms with Crippen molar-refractivity contribution >= 4 is 11.0 Å². The topological polar surface area (TPSA) is 37.5 Å². The Balaban J connectivity index is 1.50. The molecule has 26 heavy (non-hydrogen) atoms. The summed E-state index contributed by atoms with van der Waals surface area (Å²) in [5.41, 5.74) is 4.72. The number of H-pyrrole nitrogens is 1. The highest BCUT2D eigenvalue weighted by Crippen LogP contribution is 2.18. The summed E-state index contributed by atoms with van der Waals surface area (Å²) < 4.78 is 4.34. The Morgan fingerprint density at radius 3 is 2.42 bits per heavy atom. The summed E-state index contributed by atoms with van der Waals surface area (Å²) in [6.07, 6.45) is 17.2. The first-order valence-corrected chi connectivity index (χ1v) is 10.2. The van der Waals surface area contributed by atoms with E-state index in [-0.39, 0.29) is 0 Å². The van der Waals surface area contributed by atoms with Crippen molar-refractivity contribution in [2.75, 3.05) is 0 Å². The van der Waals surface area contributed by atoms with Gasteiger partial charge in [-0.3, -0.25) is 0 Å². The van der Waals surface area contributed by atoms with E-state index in [1.807, 2.05) is 0 Å². The van der Waals surface area contributed by atoms with Gasteiger partial charge in [-0.2, -0.15) is 9.55 Å². The van der Waals surface area contributed by atoms with Gasteiger partial charge in [-0.1, -0.05) is 45.4 Å². The first kappa shape index (κ1) is 18.7. The van der Waals surface area contributed by atoms with Crippen molar-refractivity contribution in [3.8, 4) is 5.95 Å². The lowest BCUT2D eigenvalue weighted by Crippen LogP contribution is -2.30. The van der Waals surface area contributed by atoms with Crippen molar-refractivity contribution in [2.24, 2.45) is 0 Å². The largest absolute Gasteiger partial charge is 0.304 e. The van der Waals surface area contributed by atoms with Gasteiger partial charge in [-0.25, -0.2) is 4.57 Å². The average Bonchev–Trinajstić information content (AvgIpc) is 3.24. The fourth-order valence-electron chi connectivity index (χ4n) is 3.46. The minimum Gasteiger partial charge on any atom is -0.303 e. The van der Waals surface area contributed by atoms with Crippen LogP contribution < -0.4 is 4.57 Å². The summed E-state index contributed by atoms with van der Waals surface area (Å²) in [6.45, 7) is 7.64. The highest BCUT2D eigenvalue weighted by molar-refractivity contribution is 5.78. The second-order valence-electron chi connectivity index (χ2n) is 7.55. The first-order chi connectivity index (χ1) is 12.7. The number of rotatable bonds is 10. The lowest BCUT2D eigenvalue weighted by molar-refractivity contribution is -0.696. The molecule has 4 nitrogen and oxygen atoms in total. The maximum Gasteiger partial charge on any atom is 0.304 e. The number of fused-ring (bicyclic) bond motifs is 1. The van der Waals surface area contributed by atoms with E-state index in [1.165, 1.54) is 62.5 Å². The van der Waals surface area contributed by atoms with Crippen LogP contribution in [0.3, 0.4) is 0 Å². The molecule has 0 amide bonds. The number of unbranched alkanes of at least 4 members (excludes halogenated alkanes) is 7. The molecule has 140 valence electrons. The van der Waals surface area contributed by atoms with E-state index in [0.717, 1.165) is 23.5 Å². The molecule has 4 heteroatoms. The van der Waals surface area contributed by atoms with Crippen LogP contribution in [-0.2, 0) is 6.54 Å². The molecule has 0 saturated carbocycles. The van der Waals surface area contributed by atoms with E-state index in [9.17, 15) is 0 Å². The summed E-state index contributed by atoms with van der Waals surface area (Å²) in [5, 5.41) is 0. The molecule has 1 aromatic carbocycles. The average molecular weight is 354 g/mol. The van der Waals surface area contributed by atoms with Crippen LogP contribution >= 0.6 is 0 Å². The maximum atomic E-state index is 4.74. The number of aromatic nitrogens is 4. The predicted octanol–water partition coefficient (Wildman–Crippen LogP) is 5.40. The van der Waals surface area contributed by atoms with Crippen molar-refractivity contribution < 1.29 is 4.57 Å². The van der Waals surface area contributed by atoms with Crippen LogP contribution in [0.15, 0.2) is 30.9 Å². The van der Waals surface area contributed by atoms with Gasteiger partial charge in [0.1, 0.15) is 12.4 Å². The molecule has 0 bridgehead atoms.